The monoisotopic (exact) mass is 268 g/mol. The highest BCUT2D eigenvalue weighted by Crippen LogP contribution is 2.19. The molecule has 0 saturated carbocycles. The summed E-state index contributed by atoms with van der Waals surface area (Å²) in [5.74, 6) is 0.763. The zero-order valence-corrected chi connectivity index (χ0v) is 12.1. The molecule has 6 heteroatoms. The van der Waals surface area contributed by atoms with Crippen molar-refractivity contribution in [3.63, 3.8) is 0 Å². The Morgan fingerprint density at radius 1 is 1.05 bits per heavy atom. The number of nitrogens with one attached hydrogen (secondary N) is 1. The average molecular weight is 268 g/mol. The van der Waals surface area contributed by atoms with Gasteiger partial charge in [-0.05, 0) is 12.5 Å². The van der Waals surface area contributed by atoms with E-state index in [-0.39, 0.29) is 17.9 Å². The van der Waals surface area contributed by atoms with Gasteiger partial charge in [0.05, 0.1) is 5.92 Å². The van der Waals surface area contributed by atoms with Gasteiger partial charge in [0, 0.05) is 46.8 Å². The van der Waals surface area contributed by atoms with Gasteiger partial charge in [-0.3, -0.25) is 4.79 Å². The van der Waals surface area contributed by atoms with Gasteiger partial charge in [0.25, 0.3) is 0 Å². The molecule has 0 unspecified atom stereocenters. The summed E-state index contributed by atoms with van der Waals surface area (Å²) in [4.78, 5) is 29.5. The molecule has 1 N–H and O–H groups in total. The summed E-state index contributed by atoms with van der Waals surface area (Å²) in [5.41, 5.74) is 0. The molecule has 2 heterocycles. The number of hydrogen-bond donors (Lipinski definition) is 1. The van der Waals surface area contributed by atoms with E-state index < -0.39 is 0 Å². The molecule has 6 nitrogen and oxygen atoms in total. The first kappa shape index (κ1) is 14.1. The normalized spacial score (nSPS) is 27.5. The number of carbonyl (C=O) groups is 2. The lowest BCUT2D eigenvalue weighted by Crippen LogP contribution is -2.54. The molecule has 19 heavy (non-hydrogen) atoms. The summed E-state index contributed by atoms with van der Waals surface area (Å²) in [6, 6.07) is 0.0306. The highest BCUT2D eigenvalue weighted by molar-refractivity contribution is 5.80. The van der Waals surface area contributed by atoms with Gasteiger partial charge < -0.3 is 20.0 Å². The lowest BCUT2D eigenvalue weighted by atomic mass is 9.96. The summed E-state index contributed by atoms with van der Waals surface area (Å²) in [6.45, 7) is 6.42. The van der Waals surface area contributed by atoms with Crippen molar-refractivity contribution in [2.75, 3.05) is 53.4 Å². The first-order chi connectivity index (χ1) is 9.00. The fourth-order valence-corrected chi connectivity index (χ4v) is 2.78. The molecule has 2 rings (SSSR count). The molecule has 0 aromatic heterocycles. The molecule has 2 saturated heterocycles. The average Bonchev–Trinajstić information content (AvgIpc) is 2.83. The summed E-state index contributed by atoms with van der Waals surface area (Å²) < 4.78 is 0. The Bertz CT molecular complexity index is 351. The Morgan fingerprint density at radius 2 is 1.63 bits per heavy atom. The van der Waals surface area contributed by atoms with Crippen molar-refractivity contribution >= 4 is 11.9 Å². The van der Waals surface area contributed by atoms with Crippen LogP contribution >= 0.6 is 0 Å². The molecular weight excluding hydrogens is 244 g/mol. The topological polar surface area (TPSA) is 55.9 Å². The number of urea groups is 1. The van der Waals surface area contributed by atoms with Gasteiger partial charge >= 0.3 is 6.03 Å². The molecule has 0 aromatic rings. The summed E-state index contributed by atoms with van der Waals surface area (Å²) in [6.07, 6.45) is 0. The predicted octanol–water partition coefficient (Wildman–Crippen LogP) is -0.332. The quantitative estimate of drug-likeness (QED) is 0.708. The van der Waals surface area contributed by atoms with E-state index in [1.807, 2.05) is 4.90 Å². The van der Waals surface area contributed by atoms with E-state index in [0.29, 0.717) is 32.1 Å². The van der Waals surface area contributed by atoms with Crippen molar-refractivity contribution in [3.05, 3.63) is 0 Å². The molecule has 2 fully saturated rings. The molecule has 2 aliphatic heterocycles. The first-order valence-corrected chi connectivity index (χ1v) is 6.96. The Labute approximate surface area is 114 Å². The Morgan fingerprint density at radius 3 is 2.11 bits per heavy atom. The molecule has 2 aliphatic rings. The van der Waals surface area contributed by atoms with Crippen LogP contribution in [-0.4, -0.2) is 80.0 Å². The summed E-state index contributed by atoms with van der Waals surface area (Å²) in [7, 11) is 3.51. The maximum absolute atomic E-state index is 12.4. The minimum atomic E-state index is 0.0306. The van der Waals surface area contributed by atoms with Crippen molar-refractivity contribution in [2.24, 2.45) is 11.8 Å². The van der Waals surface area contributed by atoms with Crippen LogP contribution in [0.1, 0.15) is 6.92 Å². The van der Waals surface area contributed by atoms with Gasteiger partial charge in [0.2, 0.25) is 5.91 Å². The SMILES string of the molecule is C[C@@H]1CNC[C@H]1C(=O)N1CCN(C(=O)N(C)C)CC1. The van der Waals surface area contributed by atoms with Gasteiger partial charge in [-0.15, -0.1) is 0 Å². The van der Waals surface area contributed by atoms with E-state index >= 15 is 0 Å². The Kier molecular flexibility index (Phi) is 4.29. The molecule has 0 radical (unpaired) electrons. The van der Waals surface area contributed by atoms with Gasteiger partial charge in [-0.2, -0.15) is 0 Å². The van der Waals surface area contributed by atoms with Crippen LogP contribution in [0.4, 0.5) is 4.79 Å². The third kappa shape index (κ3) is 3.00. The van der Waals surface area contributed by atoms with Crippen LogP contribution in [0.15, 0.2) is 0 Å². The number of rotatable bonds is 1. The highest BCUT2D eigenvalue weighted by Gasteiger charge is 2.34. The van der Waals surface area contributed by atoms with Crippen molar-refractivity contribution in [3.8, 4) is 0 Å². The van der Waals surface area contributed by atoms with E-state index in [1.54, 1.807) is 23.9 Å². The Balaban J connectivity index is 1.86. The minimum absolute atomic E-state index is 0.0306. The van der Waals surface area contributed by atoms with E-state index in [2.05, 4.69) is 12.2 Å². The van der Waals surface area contributed by atoms with Crippen LogP contribution in [0.2, 0.25) is 0 Å². The van der Waals surface area contributed by atoms with Gasteiger partial charge in [-0.25, -0.2) is 4.79 Å². The predicted molar refractivity (Wildman–Crippen MR) is 72.8 cm³/mol. The van der Waals surface area contributed by atoms with Crippen LogP contribution in [0.25, 0.3) is 0 Å². The third-order valence-electron chi connectivity index (χ3n) is 4.08. The van der Waals surface area contributed by atoms with Gasteiger partial charge in [0.1, 0.15) is 0 Å². The van der Waals surface area contributed by atoms with E-state index in [4.69, 9.17) is 0 Å². The van der Waals surface area contributed by atoms with Crippen LogP contribution in [0.5, 0.6) is 0 Å². The largest absolute Gasteiger partial charge is 0.339 e. The maximum Gasteiger partial charge on any atom is 0.319 e. The molecule has 0 spiro atoms. The number of hydrogen-bond acceptors (Lipinski definition) is 3. The van der Waals surface area contributed by atoms with Crippen LogP contribution < -0.4 is 5.32 Å². The second-order valence-corrected chi connectivity index (χ2v) is 5.73. The third-order valence-corrected chi connectivity index (χ3v) is 4.08. The van der Waals surface area contributed by atoms with Crippen LogP contribution in [0.3, 0.4) is 0 Å². The minimum Gasteiger partial charge on any atom is -0.339 e. The number of nitrogens with zero attached hydrogens (tertiary/aromatic N) is 3. The zero-order valence-electron chi connectivity index (χ0n) is 12.1. The number of amides is 3. The van der Waals surface area contributed by atoms with E-state index in [1.165, 1.54) is 0 Å². The van der Waals surface area contributed by atoms with Crippen molar-refractivity contribution in [2.45, 2.75) is 6.92 Å². The zero-order chi connectivity index (χ0) is 14.0. The van der Waals surface area contributed by atoms with Crippen LogP contribution in [0, 0.1) is 11.8 Å². The van der Waals surface area contributed by atoms with Crippen LogP contribution in [-0.2, 0) is 4.79 Å². The summed E-state index contributed by atoms with van der Waals surface area (Å²) in [5, 5.41) is 3.27. The Hall–Kier alpha value is -1.30. The molecule has 108 valence electrons. The van der Waals surface area contributed by atoms with Crippen molar-refractivity contribution < 1.29 is 9.59 Å². The standard InChI is InChI=1S/C13H24N4O2/c1-10-8-14-9-11(10)12(18)16-4-6-17(7-5-16)13(19)15(2)3/h10-11,14H,4-9H2,1-3H3/t10-,11-/m1/s1. The molecule has 0 aliphatic carbocycles. The molecule has 0 bridgehead atoms. The molecule has 0 aromatic carbocycles. The highest BCUT2D eigenvalue weighted by atomic mass is 16.2. The van der Waals surface area contributed by atoms with Gasteiger partial charge in [0.15, 0.2) is 0 Å². The van der Waals surface area contributed by atoms with E-state index in [9.17, 15) is 9.59 Å². The second kappa shape index (κ2) is 5.77. The molecule has 2 atom stereocenters. The lowest BCUT2D eigenvalue weighted by Gasteiger charge is -2.37. The lowest BCUT2D eigenvalue weighted by molar-refractivity contribution is -0.137. The van der Waals surface area contributed by atoms with Gasteiger partial charge in [-0.1, -0.05) is 6.92 Å². The fourth-order valence-electron chi connectivity index (χ4n) is 2.78. The van der Waals surface area contributed by atoms with E-state index in [0.717, 1.165) is 13.1 Å². The van der Waals surface area contributed by atoms with Crippen molar-refractivity contribution in [1.29, 1.82) is 0 Å². The first-order valence-electron chi connectivity index (χ1n) is 6.96. The van der Waals surface area contributed by atoms with Crippen molar-refractivity contribution in [1.82, 2.24) is 20.0 Å². The smallest absolute Gasteiger partial charge is 0.319 e. The number of piperazine rings is 1. The maximum atomic E-state index is 12.4. The second-order valence-electron chi connectivity index (χ2n) is 5.73. The summed E-state index contributed by atoms with van der Waals surface area (Å²) >= 11 is 0. The number of carbonyl (C=O) groups excluding carboxylic acids is 2. The molecule has 3 amide bonds. The molecular formula is C13H24N4O2. The fraction of sp³-hybridized carbons (Fsp3) is 0.846.